The van der Waals surface area contributed by atoms with Crippen molar-refractivity contribution in [2.45, 2.75) is 23.6 Å². The zero-order valence-electron chi connectivity index (χ0n) is 46.9. The molecule has 0 saturated heterocycles. The van der Waals surface area contributed by atoms with Gasteiger partial charge in [-0.05, 0) is 137 Å². The van der Waals surface area contributed by atoms with Crippen molar-refractivity contribution in [1.82, 2.24) is 9.13 Å². The van der Waals surface area contributed by atoms with Crippen LogP contribution in [-0.2, 0) is 20.2 Å². The minimum atomic E-state index is -5.18. The predicted octanol–water partition coefficient (Wildman–Crippen LogP) is 13.2. The standard InChI is InChI=1S/C29H16F7NO5S.C22H10BrF6NO5S.C7H7BFO2.2H3P/c1-13-9-14(3-6-18(13)30)17-11-22(41-2)21(12-19(17)31)37-20-7-5-16(10-15(20)4-8-23(37)38)43(39,40)42-29-27(35)25(33)24(32)26(34)28(29)36;1-34-15-7-11(23)12(24)8-14(15)30-13-4-3-10(6-9(13)2-5-16(30)31)36(32,33)35-22-20(28)18(26)17(25)19(27)21(22)29;1-5-4-6(11-8-10)2-3-7(5)9;;/h3-12H,1-2H3;2-8H,1H3;2-4,10H,1H3;2*1H3. The van der Waals surface area contributed by atoms with Gasteiger partial charge in [0.25, 0.3) is 11.1 Å². The molecule has 92 heavy (non-hydrogen) atoms. The van der Waals surface area contributed by atoms with E-state index in [0.29, 0.717) is 24.6 Å². The minimum Gasteiger partial charge on any atom is -0.537 e. The molecule has 483 valence electrons. The Morgan fingerprint density at radius 2 is 0.837 bits per heavy atom. The molecule has 2 heterocycles. The molecule has 10 rings (SSSR count). The van der Waals surface area contributed by atoms with E-state index in [0.717, 1.165) is 69.8 Å². The van der Waals surface area contributed by atoms with Gasteiger partial charge in [-0.1, -0.05) is 6.07 Å². The molecule has 2 atom stereocenters. The highest BCUT2D eigenvalue weighted by atomic mass is 79.9. The maximum Gasteiger partial charge on any atom is 0.569 e. The van der Waals surface area contributed by atoms with Gasteiger partial charge in [0.2, 0.25) is 69.7 Å². The molecule has 0 saturated carbocycles. The molecule has 0 aliphatic carbocycles. The molecule has 0 aliphatic rings. The molecular weight excluding hydrogens is 1400 g/mol. The first-order chi connectivity index (χ1) is 42.3. The topological polar surface area (TPSA) is 179 Å². The van der Waals surface area contributed by atoms with Crippen LogP contribution in [0.15, 0.2) is 145 Å². The van der Waals surface area contributed by atoms with Gasteiger partial charge in [-0.3, -0.25) is 18.7 Å². The van der Waals surface area contributed by atoms with E-state index in [1.165, 1.54) is 81.8 Å². The lowest BCUT2D eigenvalue weighted by molar-refractivity contribution is 0.346. The van der Waals surface area contributed by atoms with Gasteiger partial charge in [0.05, 0.1) is 41.1 Å². The van der Waals surface area contributed by atoms with Crippen molar-refractivity contribution in [3.63, 3.8) is 0 Å². The number of pyridine rings is 2. The van der Waals surface area contributed by atoms with E-state index in [1.54, 1.807) is 6.92 Å². The maximum absolute atomic E-state index is 15.4. The highest BCUT2D eigenvalue weighted by Gasteiger charge is 2.33. The van der Waals surface area contributed by atoms with Crippen LogP contribution in [0.5, 0.6) is 28.7 Å². The number of rotatable bonds is 13. The van der Waals surface area contributed by atoms with Crippen LogP contribution in [0, 0.1) is 95.3 Å². The lowest BCUT2D eigenvalue weighted by Gasteiger charge is -2.17. The first-order valence-electron chi connectivity index (χ1n) is 24.7. The van der Waals surface area contributed by atoms with Gasteiger partial charge in [-0.25, -0.2) is 43.9 Å². The van der Waals surface area contributed by atoms with Crippen LogP contribution in [0.1, 0.15) is 11.1 Å². The molecule has 0 fully saturated rings. The highest BCUT2D eigenvalue weighted by molar-refractivity contribution is 9.10. The van der Waals surface area contributed by atoms with Crippen LogP contribution in [0.25, 0.3) is 44.3 Å². The van der Waals surface area contributed by atoms with E-state index in [1.807, 2.05) is 0 Å². The lowest BCUT2D eigenvalue weighted by atomic mass is 10.0. The van der Waals surface area contributed by atoms with Crippen LogP contribution < -0.4 is 33.6 Å². The van der Waals surface area contributed by atoms with E-state index < -0.39 is 128 Å². The summed E-state index contributed by atoms with van der Waals surface area (Å²) in [5.74, 6) is -30.4. The van der Waals surface area contributed by atoms with Gasteiger partial charge >= 0.3 is 27.9 Å². The van der Waals surface area contributed by atoms with E-state index in [4.69, 9.17) is 14.5 Å². The largest absolute Gasteiger partial charge is 0.569 e. The third-order valence-electron chi connectivity index (χ3n) is 12.8. The number of fused-ring (bicyclic) bond motifs is 2. The summed E-state index contributed by atoms with van der Waals surface area (Å²) in [5.41, 5.74) is -0.244. The number of hydrogen-bond acceptors (Lipinski definition) is 12. The van der Waals surface area contributed by atoms with Crippen molar-refractivity contribution in [1.29, 1.82) is 0 Å². The second kappa shape index (κ2) is 29.0. The number of methoxy groups -OCH3 is 2. The van der Waals surface area contributed by atoms with Gasteiger partial charge in [-0.2, -0.15) is 54.2 Å². The van der Waals surface area contributed by atoms with Gasteiger partial charge < -0.3 is 27.5 Å². The van der Waals surface area contributed by atoms with Crippen LogP contribution in [0.3, 0.4) is 0 Å². The molecule has 8 aromatic carbocycles. The first-order valence-corrected chi connectivity index (χ1v) is 28.3. The summed E-state index contributed by atoms with van der Waals surface area (Å²) in [6.07, 6.45) is 0. The number of nitrogens with zero attached hydrogens (tertiary/aromatic N) is 2. The van der Waals surface area contributed by atoms with Crippen LogP contribution in [0.2, 0.25) is 0 Å². The molecule has 0 aliphatic heterocycles. The highest BCUT2D eigenvalue weighted by Crippen LogP contribution is 2.38. The van der Waals surface area contributed by atoms with Crippen LogP contribution in [0.4, 0.5) is 61.5 Å². The fourth-order valence-electron chi connectivity index (χ4n) is 8.41. The van der Waals surface area contributed by atoms with Crippen molar-refractivity contribution in [2.75, 3.05) is 14.2 Å². The molecule has 10 aromatic rings. The summed E-state index contributed by atoms with van der Waals surface area (Å²) < 4.78 is 269. The van der Waals surface area contributed by atoms with Crippen molar-refractivity contribution < 1.29 is 106 Å². The SMILES string of the molecule is COc1cc(-c2ccc(F)c(C)c2)c(F)cc1-n1c(=O)ccc2cc(S(=O)(=O)Oc3c(F)c(F)c(F)c(F)c3F)ccc21.COc1cc(Br)c(F)cc1-n1c(=O)ccc2cc(S(=O)(=O)Oc3c(F)c(F)c(F)c(F)c3F)ccc21.Cc1cc(O[B]O)ccc1F.P.P. The normalized spacial score (nSPS) is 11.1. The van der Waals surface area contributed by atoms with E-state index in [9.17, 15) is 83.5 Å². The van der Waals surface area contributed by atoms with Crippen molar-refractivity contribution in [3.05, 3.63) is 239 Å². The van der Waals surface area contributed by atoms with E-state index >= 15 is 4.39 Å². The fourth-order valence-corrected chi connectivity index (χ4v) is 10.7. The quantitative estimate of drug-likeness (QED) is 0.0289. The zero-order valence-corrected chi connectivity index (χ0v) is 52.9. The molecule has 0 spiro atoms. The molecule has 1 N–H and O–H groups in total. The number of aromatic nitrogens is 2. The molecule has 1 radical (unpaired) electrons. The molecule has 2 unspecified atom stereocenters. The van der Waals surface area contributed by atoms with Gasteiger partial charge in [0, 0.05) is 40.6 Å². The zero-order chi connectivity index (χ0) is 66.2. The third-order valence-corrected chi connectivity index (χ3v) is 15.8. The van der Waals surface area contributed by atoms with Gasteiger partial charge in [-0.15, -0.1) is 0 Å². The Bertz CT molecular complexity index is 4890. The summed E-state index contributed by atoms with van der Waals surface area (Å²) in [6.45, 7) is 3.13. The fraction of sp³-hybridized carbons (Fsp3) is 0.0690. The van der Waals surface area contributed by atoms with Crippen molar-refractivity contribution >= 4 is 85.5 Å². The summed E-state index contributed by atoms with van der Waals surface area (Å²) in [4.78, 5) is 24.1. The Hall–Kier alpha value is -8.54. The maximum atomic E-state index is 15.4. The van der Waals surface area contributed by atoms with Crippen molar-refractivity contribution in [2.24, 2.45) is 0 Å². The molecule has 14 nitrogen and oxygen atoms in total. The Balaban J connectivity index is 0.000000248. The summed E-state index contributed by atoms with van der Waals surface area (Å²) in [6, 6.07) is 22.9. The Morgan fingerprint density at radius 3 is 1.24 bits per heavy atom. The average molecular weight is 1440 g/mol. The van der Waals surface area contributed by atoms with Gasteiger partial charge in [0.1, 0.15) is 50.3 Å². The smallest absolute Gasteiger partial charge is 0.537 e. The summed E-state index contributed by atoms with van der Waals surface area (Å²) in [5, 5.41) is 8.31. The lowest BCUT2D eigenvalue weighted by Crippen LogP contribution is -2.19. The molecular formula is C58H39BBrF14N2O12P2S2. The summed E-state index contributed by atoms with van der Waals surface area (Å²) >= 11 is 3.00. The molecule has 0 bridgehead atoms. The second-order valence-electron chi connectivity index (χ2n) is 18.4. The molecule has 0 amide bonds. The van der Waals surface area contributed by atoms with Crippen molar-refractivity contribution in [3.8, 4) is 51.2 Å². The molecule has 2 aromatic heterocycles. The Kier molecular flexibility index (Phi) is 22.8. The number of hydrogen-bond donors (Lipinski definition) is 1. The number of halogens is 15. The minimum absolute atomic E-state index is 0. The van der Waals surface area contributed by atoms with E-state index in [2.05, 4.69) is 29.0 Å². The average Bonchev–Trinajstić information content (AvgIpc) is 0.777. The number of benzene rings is 8. The summed E-state index contributed by atoms with van der Waals surface area (Å²) in [7, 11) is -7.21. The Morgan fingerprint density at radius 1 is 0.446 bits per heavy atom. The first kappa shape index (κ1) is 72.5. The van der Waals surface area contributed by atoms with Crippen LogP contribution >= 0.6 is 35.7 Å². The molecule has 34 heteroatoms. The third kappa shape index (κ3) is 14.5. The van der Waals surface area contributed by atoms with E-state index in [-0.39, 0.29) is 85.9 Å². The Labute approximate surface area is 526 Å². The predicted molar refractivity (Wildman–Crippen MR) is 320 cm³/mol. The van der Waals surface area contributed by atoms with Gasteiger partial charge in [0.15, 0.2) is 0 Å². The van der Waals surface area contributed by atoms with Crippen LogP contribution in [-0.4, -0.2) is 52.9 Å². The second-order valence-corrected chi connectivity index (χ2v) is 22.3. The number of ether oxygens (including phenoxy) is 2. The number of aryl methyl sites for hydroxylation is 2. The monoisotopic (exact) mass is 1440 g/mol.